The number of aldehydes is 1. The van der Waals surface area contributed by atoms with E-state index in [1.807, 2.05) is 27.7 Å². The van der Waals surface area contributed by atoms with Gasteiger partial charge in [0.15, 0.2) is 6.29 Å². The molecular weight excluding hydrogens is 677 g/mol. The summed E-state index contributed by atoms with van der Waals surface area (Å²) in [6.07, 6.45) is 3.63. The molecule has 13 unspecified atom stereocenters. The van der Waals surface area contributed by atoms with Crippen LogP contribution >= 0.6 is 0 Å². The smallest absolute Gasteiger partial charge is 0.151 e. The second-order valence-corrected chi connectivity index (χ2v) is 10.3. The molecule has 3 aliphatic rings. The van der Waals surface area contributed by atoms with Crippen molar-refractivity contribution in [3.05, 3.63) is 5.73 Å². The first kappa shape index (κ1) is 36.8. The number of aliphatic hydroxyl groups excluding tert-OH is 3. The molecule has 13 atom stereocenters. The molecule has 36 heavy (non-hydrogen) atoms. The number of carbonyl (C=O) groups is 1. The van der Waals surface area contributed by atoms with Gasteiger partial charge < -0.3 is 40.1 Å². The van der Waals surface area contributed by atoms with Gasteiger partial charge in [-0.15, -0.1) is 0 Å². The van der Waals surface area contributed by atoms with Gasteiger partial charge in [-0.25, -0.2) is 0 Å². The average molecular weight is 730 g/mol. The molecule has 0 bridgehead atoms. The van der Waals surface area contributed by atoms with Gasteiger partial charge in [0.2, 0.25) is 0 Å². The fourth-order valence-electron chi connectivity index (χ4n) is 5.32. The summed E-state index contributed by atoms with van der Waals surface area (Å²) in [4.78, 5) is 10.3. The summed E-state index contributed by atoms with van der Waals surface area (Å²) in [5.74, 6) is 0.482. The maximum atomic E-state index is 10.3. The van der Waals surface area contributed by atoms with E-state index >= 15 is 0 Å². The summed E-state index contributed by atoms with van der Waals surface area (Å²) in [5.41, 5.74) is 7.76. The van der Waals surface area contributed by atoms with Crippen molar-refractivity contribution in [2.75, 3.05) is 0 Å². The van der Waals surface area contributed by atoms with Gasteiger partial charge in [0.1, 0.15) is 6.10 Å². The molecule has 3 saturated heterocycles. The number of rotatable bonds is 6. The predicted octanol–water partition coefficient (Wildman–Crippen LogP) is 3.92. The van der Waals surface area contributed by atoms with Crippen molar-refractivity contribution in [2.45, 2.75) is 148 Å². The molecule has 0 spiro atoms. The van der Waals surface area contributed by atoms with Gasteiger partial charge in [-0.05, 0) is 32.1 Å². The average Bonchev–Trinajstić information content (AvgIpc) is 3.32. The SMILES string of the molecule is CCC1OC(C=O)C(O)C1C.CCC1OC(CC)C(O)C1C.CCC1OC(CC)C([NH-])C(O)C1C.[Ac]. The van der Waals surface area contributed by atoms with E-state index in [1.165, 1.54) is 0 Å². The minimum absolute atomic E-state index is 0. The van der Waals surface area contributed by atoms with Crippen molar-refractivity contribution in [3.8, 4) is 0 Å². The zero-order chi connectivity index (χ0) is 26.9. The first-order valence-electron chi connectivity index (χ1n) is 13.7. The Balaban J connectivity index is 0.000000506. The summed E-state index contributed by atoms with van der Waals surface area (Å²) < 4.78 is 16.6. The van der Waals surface area contributed by atoms with Crippen molar-refractivity contribution in [1.82, 2.24) is 0 Å². The van der Waals surface area contributed by atoms with E-state index in [9.17, 15) is 20.1 Å². The van der Waals surface area contributed by atoms with E-state index in [0.29, 0.717) is 12.2 Å². The van der Waals surface area contributed by atoms with Gasteiger partial charge in [-0.1, -0.05) is 61.4 Å². The second-order valence-electron chi connectivity index (χ2n) is 10.3. The van der Waals surface area contributed by atoms with E-state index in [0.717, 1.165) is 32.1 Å². The normalized spacial score (nSPS) is 43.9. The van der Waals surface area contributed by atoms with Gasteiger partial charge in [0.25, 0.3) is 0 Å². The summed E-state index contributed by atoms with van der Waals surface area (Å²) in [5, 5.41) is 28.8. The van der Waals surface area contributed by atoms with Crippen LogP contribution in [0.1, 0.15) is 87.5 Å². The largest absolute Gasteiger partial charge is 0.670 e. The summed E-state index contributed by atoms with van der Waals surface area (Å²) in [7, 11) is 0. The molecule has 3 aliphatic heterocycles. The molecule has 8 nitrogen and oxygen atoms in total. The zero-order valence-electron chi connectivity index (χ0n) is 23.7. The van der Waals surface area contributed by atoms with Crippen molar-refractivity contribution >= 4 is 6.29 Å². The van der Waals surface area contributed by atoms with Crippen molar-refractivity contribution in [1.29, 1.82) is 0 Å². The third-order valence-electron chi connectivity index (χ3n) is 8.04. The Bertz CT molecular complexity index is 562. The fourth-order valence-corrected chi connectivity index (χ4v) is 5.32. The van der Waals surface area contributed by atoms with Gasteiger partial charge in [0.05, 0.1) is 36.6 Å². The number of hydrogen-bond acceptors (Lipinski definition) is 7. The topological polar surface area (TPSA) is 129 Å². The van der Waals surface area contributed by atoms with Gasteiger partial charge in [0, 0.05) is 74.0 Å². The fraction of sp³-hybridized carbons (Fsp3) is 0.963. The van der Waals surface area contributed by atoms with Crippen LogP contribution in [0, 0.1) is 61.8 Å². The minimum atomic E-state index is -0.613. The Labute approximate surface area is 255 Å². The third-order valence-corrected chi connectivity index (χ3v) is 8.04. The molecule has 1 radical (unpaired) electrons. The molecule has 9 heteroatoms. The van der Waals surface area contributed by atoms with Crippen molar-refractivity contribution in [3.63, 3.8) is 0 Å². The molecule has 211 valence electrons. The van der Waals surface area contributed by atoms with E-state index in [4.69, 9.17) is 19.9 Å². The van der Waals surface area contributed by atoms with Gasteiger partial charge in [-0.2, -0.15) is 0 Å². The van der Waals surface area contributed by atoms with E-state index in [2.05, 4.69) is 27.7 Å². The number of ether oxygens (including phenoxy) is 3. The quantitative estimate of drug-likeness (QED) is 0.354. The molecule has 4 N–H and O–H groups in total. The van der Waals surface area contributed by atoms with Crippen LogP contribution in [-0.4, -0.2) is 82.6 Å². The van der Waals surface area contributed by atoms with Crippen LogP contribution in [0.3, 0.4) is 0 Å². The Morgan fingerprint density at radius 3 is 1.31 bits per heavy atom. The minimum Gasteiger partial charge on any atom is -0.670 e. The number of nitrogens with one attached hydrogen (secondary N) is 1. The first-order valence-corrected chi connectivity index (χ1v) is 13.7. The Morgan fingerprint density at radius 2 is 0.972 bits per heavy atom. The number of aliphatic hydroxyl groups is 3. The maximum absolute atomic E-state index is 10.3. The molecule has 0 aliphatic carbocycles. The molecule has 3 fully saturated rings. The van der Waals surface area contributed by atoms with Crippen LogP contribution in [0.25, 0.3) is 5.73 Å². The third kappa shape index (κ3) is 9.49. The van der Waals surface area contributed by atoms with Crippen LogP contribution in [0.2, 0.25) is 0 Å². The van der Waals surface area contributed by atoms with Crippen molar-refractivity contribution in [2.24, 2.45) is 17.8 Å². The molecule has 3 heterocycles. The van der Waals surface area contributed by atoms with Gasteiger partial charge in [-0.3, -0.25) is 0 Å². The van der Waals surface area contributed by atoms with E-state index < -0.39 is 24.4 Å². The zero-order valence-corrected chi connectivity index (χ0v) is 28.4. The van der Waals surface area contributed by atoms with E-state index in [1.54, 1.807) is 0 Å². The van der Waals surface area contributed by atoms with E-state index in [-0.39, 0.29) is 92.5 Å². The molecule has 0 amide bonds. The van der Waals surface area contributed by atoms with Crippen LogP contribution in [0.4, 0.5) is 0 Å². The summed E-state index contributed by atoms with van der Waals surface area (Å²) in [6, 6.07) is -0.470. The molecule has 3 rings (SSSR count). The van der Waals surface area contributed by atoms with Crippen LogP contribution in [0.5, 0.6) is 0 Å². The van der Waals surface area contributed by atoms with Crippen LogP contribution in [0.15, 0.2) is 0 Å². The summed E-state index contributed by atoms with van der Waals surface area (Å²) >= 11 is 0. The Morgan fingerprint density at radius 1 is 0.611 bits per heavy atom. The Kier molecular flexibility index (Phi) is 18.7. The molecule has 0 aromatic heterocycles. The standard InChI is InChI=1S/C10H20NO2.C9H18O2.C8H14O3.Ac/c1-4-7-6(3)10(12)9(11)8(5-2)13-7;1-4-7-6(3)9(10)8(5-2)11-7;1-3-6-5(2)8(10)7(4-9)11-6;/h6-12H,4-5H2,1-3H3;6-10H,4-5H2,1-3H3;4-8,10H,3H2,1-2H3;/q-1;;;. The predicted molar refractivity (Wildman–Crippen MR) is 137 cm³/mol. The Hall–Kier alpha value is 0.832. The van der Waals surface area contributed by atoms with Crippen molar-refractivity contribution < 1.29 is 78.4 Å². The number of hydrogen-bond donors (Lipinski definition) is 3. The first-order chi connectivity index (χ1) is 16.5. The van der Waals surface area contributed by atoms with Crippen LogP contribution in [-0.2, 0) is 19.0 Å². The maximum Gasteiger partial charge on any atom is 0.151 e. The van der Waals surface area contributed by atoms with Crippen LogP contribution < -0.4 is 0 Å². The monoisotopic (exact) mass is 729 g/mol. The molecule has 0 aromatic carbocycles. The molecular formula is C27H52AcNO7-. The molecule has 0 saturated carbocycles. The summed E-state index contributed by atoms with van der Waals surface area (Å²) in [6.45, 7) is 16.1. The second kappa shape index (κ2) is 18.2. The molecule has 0 aromatic rings. The number of carbonyl (C=O) groups excluding carboxylic acids is 1. The van der Waals surface area contributed by atoms with Gasteiger partial charge >= 0.3 is 0 Å².